The van der Waals surface area contributed by atoms with Crippen molar-refractivity contribution in [2.75, 3.05) is 24.3 Å². The van der Waals surface area contributed by atoms with Crippen molar-refractivity contribution in [3.63, 3.8) is 0 Å². The lowest BCUT2D eigenvalue weighted by Crippen LogP contribution is -2.25. The first kappa shape index (κ1) is 15.0. The van der Waals surface area contributed by atoms with Gasteiger partial charge in [-0.3, -0.25) is 8.98 Å². The van der Waals surface area contributed by atoms with Crippen LogP contribution in [0.15, 0.2) is 18.2 Å². The maximum atomic E-state index is 12.1. The van der Waals surface area contributed by atoms with Gasteiger partial charge in [-0.25, -0.2) is 0 Å². The van der Waals surface area contributed by atoms with Gasteiger partial charge in [0.2, 0.25) is 5.91 Å². The van der Waals surface area contributed by atoms with Gasteiger partial charge in [0.15, 0.2) is 0 Å². The van der Waals surface area contributed by atoms with E-state index in [0.29, 0.717) is 13.0 Å². The smallest absolute Gasteiger partial charge is 0.264 e. The van der Waals surface area contributed by atoms with Crippen LogP contribution in [0.25, 0.3) is 0 Å². The molecular weight excluding hydrogens is 278 g/mol. The van der Waals surface area contributed by atoms with E-state index in [1.807, 2.05) is 32.0 Å². The quantitative estimate of drug-likeness (QED) is 0.792. The Morgan fingerprint density at radius 1 is 1.25 bits per heavy atom. The van der Waals surface area contributed by atoms with Crippen LogP contribution < -0.4 is 4.90 Å². The van der Waals surface area contributed by atoms with Crippen LogP contribution in [0.1, 0.15) is 17.5 Å². The van der Waals surface area contributed by atoms with Crippen LogP contribution in [0.3, 0.4) is 0 Å². The zero-order valence-corrected chi connectivity index (χ0v) is 12.7. The van der Waals surface area contributed by atoms with E-state index in [9.17, 15) is 13.2 Å². The Hall–Kier alpha value is -1.40. The van der Waals surface area contributed by atoms with Crippen molar-refractivity contribution in [2.45, 2.75) is 20.3 Å². The fourth-order valence-corrected chi connectivity index (χ4v) is 2.91. The number of anilines is 1. The van der Waals surface area contributed by atoms with Gasteiger partial charge >= 0.3 is 0 Å². The first-order valence-corrected chi connectivity index (χ1v) is 8.29. The van der Waals surface area contributed by atoms with E-state index < -0.39 is 10.1 Å². The third kappa shape index (κ3) is 3.80. The lowest BCUT2D eigenvalue weighted by atomic mass is 10.1. The van der Waals surface area contributed by atoms with Gasteiger partial charge < -0.3 is 4.90 Å². The Labute approximate surface area is 119 Å². The molecule has 1 saturated heterocycles. The maximum absolute atomic E-state index is 12.1. The topological polar surface area (TPSA) is 63.7 Å². The summed E-state index contributed by atoms with van der Waals surface area (Å²) in [7, 11) is -3.45. The number of rotatable bonds is 4. The van der Waals surface area contributed by atoms with E-state index >= 15 is 0 Å². The van der Waals surface area contributed by atoms with Gasteiger partial charge in [0.1, 0.15) is 0 Å². The molecule has 1 unspecified atom stereocenters. The van der Waals surface area contributed by atoms with E-state index in [4.69, 9.17) is 4.18 Å². The van der Waals surface area contributed by atoms with Crippen molar-refractivity contribution in [3.05, 3.63) is 29.3 Å². The molecule has 0 spiro atoms. The summed E-state index contributed by atoms with van der Waals surface area (Å²) in [5.74, 6) is -0.0739. The van der Waals surface area contributed by atoms with Gasteiger partial charge in [-0.2, -0.15) is 8.42 Å². The second kappa shape index (κ2) is 5.54. The van der Waals surface area contributed by atoms with Crippen LogP contribution in [0.4, 0.5) is 5.69 Å². The number of nitrogens with zero attached hydrogens (tertiary/aromatic N) is 1. The molecular formula is C14H19NO4S. The second-order valence-electron chi connectivity index (χ2n) is 5.41. The third-order valence-electron chi connectivity index (χ3n) is 3.24. The molecule has 0 radical (unpaired) electrons. The Kier molecular flexibility index (Phi) is 4.15. The maximum Gasteiger partial charge on any atom is 0.264 e. The number of benzene rings is 1. The number of aryl methyl sites for hydroxylation is 2. The van der Waals surface area contributed by atoms with E-state index in [0.717, 1.165) is 23.1 Å². The highest BCUT2D eigenvalue weighted by molar-refractivity contribution is 7.85. The SMILES string of the molecule is Cc1cc(C)cc(N2CC(COS(C)(=O)=O)CC2=O)c1. The molecule has 2 rings (SSSR count). The first-order valence-electron chi connectivity index (χ1n) is 6.47. The summed E-state index contributed by atoms with van der Waals surface area (Å²) in [6.07, 6.45) is 1.34. The van der Waals surface area contributed by atoms with Crippen molar-refractivity contribution in [1.82, 2.24) is 0 Å². The van der Waals surface area contributed by atoms with Gasteiger partial charge in [-0.1, -0.05) is 6.07 Å². The van der Waals surface area contributed by atoms with Gasteiger partial charge in [-0.05, 0) is 37.1 Å². The Morgan fingerprint density at radius 3 is 2.40 bits per heavy atom. The number of amides is 1. The minimum atomic E-state index is -3.45. The van der Waals surface area contributed by atoms with E-state index in [2.05, 4.69) is 0 Å². The summed E-state index contributed by atoms with van der Waals surface area (Å²) in [4.78, 5) is 13.8. The molecule has 0 saturated carbocycles. The molecule has 1 aromatic rings. The van der Waals surface area contributed by atoms with Gasteiger partial charge in [0.25, 0.3) is 10.1 Å². The fraction of sp³-hybridized carbons (Fsp3) is 0.500. The number of carbonyl (C=O) groups is 1. The summed E-state index contributed by atoms with van der Waals surface area (Å²) in [6, 6.07) is 5.98. The molecule has 1 heterocycles. The van der Waals surface area contributed by atoms with Crippen LogP contribution >= 0.6 is 0 Å². The summed E-state index contributed by atoms with van der Waals surface area (Å²) in [5.41, 5.74) is 3.07. The molecule has 0 bridgehead atoms. The van der Waals surface area contributed by atoms with Gasteiger partial charge in [0.05, 0.1) is 12.9 Å². The summed E-state index contributed by atoms with van der Waals surface area (Å²) >= 11 is 0. The first-order chi connectivity index (χ1) is 9.24. The van der Waals surface area contributed by atoms with Crippen LogP contribution in [-0.4, -0.2) is 33.7 Å². The van der Waals surface area contributed by atoms with E-state index in [1.54, 1.807) is 4.90 Å². The zero-order valence-electron chi connectivity index (χ0n) is 11.9. The molecule has 0 N–H and O–H groups in total. The fourth-order valence-electron chi connectivity index (χ4n) is 2.47. The van der Waals surface area contributed by atoms with Crippen LogP contribution in [0, 0.1) is 19.8 Å². The Morgan fingerprint density at radius 2 is 1.85 bits per heavy atom. The third-order valence-corrected chi connectivity index (χ3v) is 3.81. The molecule has 110 valence electrons. The van der Waals surface area contributed by atoms with Crippen LogP contribution in [0.5, 0.6) is 0 Å². The number of carbonyl (C=O) groups excluding carboxylic acids is 1. The van der Waals surface area contributed by atoms with Crippen molar-refractivity contribution >= 4 is 21.7 Å². The number of hydrogen-bond acceptors (Lipinski definition) is 4. The molecule has 1 aliphatic heterocycles. The minimum Gasteiger partial charge on any atom is -0.312 e. The summed E-state index contributed by atoms with van der Waals surface area (Å²) in [6.45, 7) is 4.53. The molecule has 1 aliphatic rings. The lowest BCUT2D eigenvalue weighted by Gasteiger charge is -2.18. The highest BCUT2D eigenvalue weighted by Gasteiger charge is 2.31. The zero-order chi connectivity index (χ0) is 14.9. The number of hydrogen-bond donors (Lipinski definition) is 0. The van der Waals surface area contributed by atoms with E-state index in [-0.39, 0.29) is 18.4 Å². The average Bonchev–Trinajstić information content (AvgIpc) is 2.66. The Balaban J connectivity index is 2.09. The van der Waals surface area contributed by atoms with Gasteiger partial charge in [-0.15, -0.1) is 0 Å². The molecule has 1 aromatic carbocycles. The largest absolute Gasteiger partial charge is 0.312 e. The van der Waals surface area contributed by atoms with Crippen LogP contribution in [0.2, 0.25) is 0 Å². The molecule has 5 nitrogen and oxygen atoms in total. The molecule has 20 heavy (non-hydrogen) atoms. The molecule has 1 atom stereocenters. The molecule has 0 aromatic heterocycles. The van der Waals surface area contributed by atoms with Crippen molar-refractivity contribution in [1.29, 1.82) is 0 Å². The highest BCUT2D eigenvalue weighted by atomic mass is 32.2. The molecule has 0 aliphatic carbocycles. The normalized spacial score (nSPS) is 19.6. The van der Waals surface area contributed by atoms with Crippen molar-refractivity contribution < 1.29 is 17.4 Å². The minimum absolute atomic E-state index is 0.0112. The molecule has 1 fully saturated rings. The van der Waals surface area contributed by atoms with E-state index in [1.165, 1.54) is 0 Å². The standard InChI is InChI=1S/C14H19NO4S/c1-10-4-11(2)6-13(5-10)15-8-12(7-14(15)16)9-19-20(3,17)18/h4-6,12H,7-9H2,1-3H3. The highest BCUT2D eigenvalue weighted by Crippen LogP contribution is 2.27. The summed E-state index contributed by atoms with van der Waals surface area (Å²) in [5, 5.41) is 0. The predicted molar refractivity (Wildman–Crippen MR) is 77.2 cm³/mol. The predicted octanol–water partition coefficient (Wildman–Crippen LogP) is 1.63. The molecule has 1 amide bonds. The van der Waals surface area contributed by atoms with Crippen molar-refractivity contribution in [2.24, 2.45) is 5.92 Å². The lowest BCUT2D eigenvalue weighted by molar-refractivity contribution is -0.117. The second-order valence-corrected chi connectivity index (χ2v) is 7.05. The average molecular weight is 297 g/mol. The molecule has 6 heteroatoms. The Bertz CT molecular complexity index is 604. The monoisotopic (exact) mass is 297 g/mol. The van der Waals surface area contributed by atoms with Crippen molar-refractivity contribution in [3.8, 4) is 0 Å². The van der Waals surface area contributed by atoms with Crippen LogP contribution in [-0.2, 0) is 19.1 Å². The summed E-state index contributed by atoms with van der Waals surface area (Å²) < 4.78 is 26.8. The van der Waals surface area contributed by atoms with Gasteiger partial charge in [0, 0.05) is 24.6 Å².